The van der Waals surface area contributed by atoms with Crippen LogP contribution >= 0.6 is 0 Å². The number of likely N-dealkylation sites (tertiary alicyclic amines) is 1. The van der Waals surface area contributed by atoms with Crippen LogP contribution in [0.5, 0.6) is 0 Å². The largest absolute Gasteiger partial charge is 0.479 e. The molecule has 2 unspecified atom stereocenters. The van der Waals surface area contributed by atoms with Crippen LogP contribution in [-0.2, 0) is 14.3 Å². The highest BCUT2D eigenvalue weighted by molar-refractivity contribution is 5.92. The number of aliphatic carboxylic acids is 1. The molecule has 1 saturated heterocycles. The number of fused-ring (bicyclic) bond motifs is 4. The molecule has 7 heteroatoms. The second kappa shape index (κ2) is 7.86. The first-order valence-electron chi connectivity index (χ1n) is 12.1. The number of rotatable bonds is 6. The molecule has 3 fully saturated rings. The van der Waals surface area contributed by atoms with Crippen LogP contribution in [0.4, 0.5) is 4.79 Å². The van der Waals surface area contributed by atoms with Crippen LogP contribution in [-0.4, -0.2) is 53.2 Å². The second-order valence-corrected chi connectivity index (χ2v) is 10.1. The molecular formula is C27H28N2O5. The zero-order valence-corrected chi connectivity index (χ0v) is 18.9. The van der Waals surface area contributed by atoms with Crippen molar-refractivity contribution < 1.29 is 24.2 Å². The monoisotopic (exact) mass is 460 g/mol. The SMILES string of the molecule is O=C(NCC1CC1C(=O)N1CCC[C@@H]2C[C@@]21C(=O)O)OCC1c2ccccc2-c2ccccc21. The third-order valence-electron chi connectivity index (χ3n) is 8.22. The fraction of sp³-hybridized carbons (Fsp3) is 0.444. The fourth-order valence-electron chi connectivity index (χ4n) is 6.21. The number of nitrogens with one attached hydrogen (secondary N) is 1. The van der Waals surface area contributed by atoms with Crippen LogP contribution in [0, 0.1) is 17.8 Å². The summed E-state index contributed by atoms with van der Waals surface area (Å²) >= 11 is 0. The number of hydrogen-bond donors (Lipinski definition) is 2. The van der Waals surface area contributed by atoms with Crippen molar-refractivity contribution in [2.75, 3.05) is 19.7 Å². The Hall–Kier alpha value is -3.35. The van der Waals surface area contributed by atoms with Crippen LogP contribution in [0.1, 0.15) is 42.7 Å². The zero-order valence-electron chi connectivity index (χ0n) is 18.9. The van der Waals surface area contributed by atoms with Crippen LogP contribution in [0.3, 0.4) is 0 Å². The van der Waals surface area contributed by atoms with E-state index in [1.54, 1.807) is 4.90 Å². The molecule has 2 amide bonds. The fourth-order valence-corrected chi connectivity index (χ4v) is 6.21. The summed E-state index contributed by atoms with van der Waals surface area (Å²) in [7, 11) is 0. The van der Waals surface area contributed by atoms with E-state index in [9.17, 15) is 19.5 Å². The van der Waals surface area contributed by atoms with Gasteiger partial charge >= 0.3 is 12.1 Å². The third kappa shape index (κ3) is 3.29. The van der Waals surface area contributed by atoms with E-state index in [0.717, 1.165) is 24.0 Å². The number of amides is 2. The van der Waals surface area contributed by atoms with Gasteiger partial charge in [-0.2, -0.15) is 0 Å². The molecule has 1 heterocycles. The van der Waals surface area contributed by atoms with Gasteiger partial charge in [0.25, 0.3) is 0 Å². The molecule has 0 bridgehead atoms. The molecule has 2 aromatic carbocycles. The molecule has 0 radical (unpaired) electrons. The van der Waals surface area contributed by atoms with E-state index in [1.165, 1.54) is 11.1 Å². The van der Waals surface area contributed by atoms with Crippen molar-refractivity contribution in [1.82, 2.24) is 10.2 Å². The van der Waals surface area contributed by atoms with Crippen LogP contribution < -0.4 is 5.32 Å². The molecule has 2 saturated carbocycles. The maximum absolute atomic E-state index is 13.0. The molecule has 2 N–H and O–H groups in total. The second-order valence-electron chi connectivity index (χ2n) is 10.1. The molecule has 4 aliphatic rings. The van der Waals surface area contributed by atoms with Gasteiger partial charge < -0.3 is 20.1 Å². The summed E-state index contributed by atoms with van der Waals surface area (Å²) in [5.74, 6) is -1.00. The van der Waals surface area contributed by atoms with Crippen molar-refractivity contribution in [3.05, 3.63) is 59.7 Å². The molecule has 0 aromatic heterocycles. The Morgan fingerprint density at radius 3 is 2.41 bits per heavy atom. The number of piperidine rings is 1. The van der Waals surface area contributed by atoms with Gasteiger partial charge in [-0.05, 0) is 59.8 Å². The van der Waals surface area contributed by atoms with Crippen molar-refractivity contribution >= 4 is 18.0 Å². The molecule has 1 aliphatic heterocycles. The first-order chi connectivity index (χ1) is 16.5. The van der Waals surface area contributed by atoms with Gasteiger partial charge in [-0.25, -0.2) is 9.59 Å². The smallest absolute Gasteiger partial charge is 0.407 e. The average molecular weight is 461 g/mol. The summed E-state index contributed by atoms with van der Waals surface area (Å²) in [5, 5.41) is 12.5. The van der Waals surface area contributed by atoms with Gasteiger partial charge in [-0.3, -0.25) is 4.79 Å². The van der Waals surface area contributed by atoms with E-state index in [-0.39, 0.29) is 36.2 Å². The lowest BCUT2D eigenvalue weighted by Gasteiger charge is -2.34. The van der Waals surface area contributed by atoms with Crippen molar-refractivity contribution in [2.24, 2.45) is 17.8 Å². The topological polar surface area (TPSA) is 95.9 Å². The van der Waals surface area contributed by atoms with E-state index >= 15 is 0 Å². The minimum absolute atomic E-state index is 0.00574. The Morgan fingerprint density at radius 2 is 1.74 bits per heavy atom. The number of carboxylic acid groups (broad SMARTS) is 1. The first kappa shape index (κ1) is 21.2. The zero-order chi connectivity index (χ0) is 23.4. The van der Waals surface area contributed by atoms with E-state index in [2.05, 4.69) is 29.6 Å². The van der Waals surface area contributed by atoms with E-state index < -0.39 is 17.6 Å². The molecular weight excluding hydrogens is 432 g/mol. The molecule has 34 heavy (non-hydrogen) atoms. The predicted octanol–water partition coefficient (Wildman–Crippen LogP) is 3.63. The minimum atomic E-state index is -0.970. The van der Waals surface area contributed by atoms with Crippen molar-refractivity contribution in [2.45, 2.75) is 37.1 Å². The highest BCUT2D eigenvalue weighted by Crippen LogP contribution is 2.56. The van der Waals surface area contributed by atoms with Gasteiger partial charge in [0.15, 0.2) is 0 Å². The van der Waals surface area contributed by atoms with Gasteiger partial charge in [0.05, 0.1) is 0 Å². The van der Waals surface area contributed by atoms with Crippen LogP contribution in [0.2, 0.25) is 0 Å². The molecule has 6 rings (SSSR count). The van der Waals surface area contributed by atoms with Crippen LogP contribution in [0.15, 0.2) is 48.5 Å². The Morgan fingerprint density at radius 1 is 1.06 bits per heavy atom. The molecule has 2 aromatic rings. The summed E-state index contributed by atoms with van der Waals surface area (Å²) in [4.78, 5) is 38.9. The number of benzene rings is 2. The third-order valence-corrected chi connectivity index (χ3v) is 8.22. The molecule has 3 aliphatic carbocycles. The lowest BCUT2D eigenvalue weighted by Crippen LogP contribution is -2.52. The maximum atomic E-state index is 13.0. The lowest BCUT2D eigenvalue weighted by atomic mass is 9.98. The van der Waals surface area contributed by atoms with Crippen LogP contribution in [0.25, 0.3) is 11.1 Å². The molecule has 4 atom stereocenters. The van der Waals surface area contributed by atoms with Crippen molar-refractivity contribution in [1.29, 1.82) is 0 Å². The summed E-state index contributed by atoms with van der Waals surface area (Å²) < 4.78 is 5.58. The van der Waals surface area contributed by atoms with Gasteiger partial charge in [-0.1, -0.05) is 48.5 Å². The van der Waals surface area contributed by atoms with Crippen molar-refractivity contribution in [3.63, 3.8) is 0 Å². The number of carbonyl (C=O) groups is 3. The number of ether oxygens (including phenoxy) is 1. The highest BCUT2D eigenvalue weighted by Gasteiger charge is 2.68. The maximum Gasteiger partial charge on any atom is 0.407 e. The van der Waals surface area contributed by atoms with E-state index in [1.807, 2.05) is 24.3 Å². The average Bonchev–Trinajstić information content (AvgIpc) is 3.76. The summed E-state index contributed by atoms with van der Waals surface area (Å²) in [6, 6.07) is 16.4. The molecule has 176 valence electrons. The number of alkyl carbamates (subject to hydrolysis) is 1. The van der Waals surface area contributed by atoms with E-state index in [0.29, 0.717) is 25.9 Å². The number of carbonyl (C=O) groups excluding carboxylic acids is 2. The number of carboxylic acids is 1. The summed E-state index contributed by atoms with van der Waals surface area (Å²) in [6.45, 7) is 1.14. The quantitative estimate of drug-likeness (QED) is 0.686. The van der Waals surface area contributed by atoms with Gasteiger partial charge in [0.2, 0.25) is 5.91 Å². The van der Waals surface area contributed by atoms with Gasteiger partial charge in [0.1, 0.15) is 12.1 Å². The highest BCUT2D eigenvalue weighted by atomic mass is 16.5. The summed E-state index contributed by atoms with van der Waals surface area (Å²) in [6.07, 6.45) is 2.51. The molecule has 0 spiro atoms. The van der Waals surface area contributed by atoms with E-state index in [4.69, 9.17) is 4.74 Å². The Bertz CT molecular complexity index is 1130. The Kier molecular flexibility index (Phi) is 4.90. The Balaban J connectivity index is 1.02. The first-order valence-corrected chi connectivity index (χ1v) is 12.1. The number of nitrogens with zero attached hydrogens (tertiary/aromatic N) is 1. The lowest BCUT2D eigenvalue weighted by molar-refractivity contribution is -0.155. The van der Waals surface area contributed by atoms with Gasteiger partial charge in [-0.15, -0.1) is 0 Å². The normalized spacial score (nSPS) is 28.4. The number of hydrogen-bond acceptors (Lipinski definition) is 4. The Labute approximate surface area is 198 Å². The van der Waals surface area contributed by atoms with Gasteiger partial charge in [0, 0.05) is 24.9 Å². The standard InChI is InChI=1S/C27H28N2O5/c30-24(29-11-5-6-17-13-27(17,29)25(31)32)22-12-16(22)14-28-26(33)34-15-23-20-9-3-1-7-18(20)19-8-2-4-10-21(19)23/h1-4,7-10,16-17,22-23H,5-6,11-15H2,(H,28,33)(H,31,32)/t16?,17-,22?,27+/m1/s1. The molecule has 7 nitrogen and oxygen atoms in total. The minimum Gasteiger partial charge on any atom is -0.479 e. The predicted molar refractivity (Wildman–Crippen MR) is 124 cm³/mol. The summed E-state index contributed by atoms with van der Waals surface area (Å²) in [5.41, 5.74) is 3.72. The van der Waals surface area contributed by atoms with Crippen molar-refractivity contribution in [3.8, 4) is 11.1 Å².